The van der Waals surface area contributed by atoms with Gasteiger partial charge in [-0.2, -0.15) is 0 Å². The van der Waals surface area contributed by atoms with Gasteiger partial charge in [0.2, 0.25) is 0 Å². The van der Waals surface area contributed by atoms with Crippen LogP contribution in [0.5, 0.6) is 5.75 Å². The smallest absolute Gasteiger partial charge is 0.165 e. The maximum Gasteiger partial charge on any atom is 0.165 e. The van der Waals surface area contributed by atoms with Crippen molar-refractivity contribution in [1.82, 2.24) is 10.2 Å². The molecule has 0 bridgehead atoms. The summed E-state index contributed by atoms with van der Waals surface area (Å²) >= 11 is 0. The molecule has 0 radical (unpaired) electrons. The Morgan fingerprint density at radius 3 is 3.05 bits per heavy atom. The maximum absolute atomic E-state index is 14.0. The molecule has 2 rings (SSSR count). The molecule has 1 unspecified atom stereocenters. The molecule has 1 aliphatic heterocycles. The molecule has 4 nitrogen and oxygen atoms in total. The van der Waals surface area contributed by atoms with Crippen LogP contribution in [0.25, 0.3) is 0 Å². The first-order chi connectivity index (χ1) is 10.2. The van der Waals surface area contributed by atoms with Crippen LogP contribution in [0.4, 0.5) is 4.39 Å². The van der Waals surface area contributed by atoms with Crippen molar-refractivity contribution in [2.75, 3.05) is 39.9 Å². The van der Waals surface area contributed by atoms with E-state index in [0.717, 1.165) is 31.6 Å². The number of ether oxygens (including phenoxy) is 2. The highest BCUT2D eigenvalue weighted by Crippen LogP contribution is 2.19. The van der Waals surface area contributed by atoms with Gasteiger partial charge in [0, 0.05) is 19.6 Å². The predicted octanol–water partition coefficient (Wildman–Crippen LogP) is 2.03. The molecular weight excluding hydrogens is 271 g/mol. The highest BCUT2D eigenvalue weighted by Gasteiger charge is 2.18. The van der Waals surface area contributed by atoms with Gasteiger partial charge in [-0.05, 0) is 37.7 Å². The zero-order valence-electron chi connectivity index (χ0n) is 12.9. The second-order valence-corrected chi connectivity index (χ2v) is 5.51. The highest BCUT2D eigenvalue weighted by molar-refractivity contribution is 5.29. The number of nitrogens with zero attached hydrogens (tertiary/aromatic N) is 1. The zero-order valence-corrected chi connectivity index (χ0v) is 12.9. The van der Waals surface area contributed by atoms with Gasteiger partial charge in [-0.25, -0.2) is 4.39 Å². The Bertz CT molecular complexity index is 442. The number of hydrogen-bond acceptors (Lipinski definition) is 4. The van der Waals surface area contributed by atoms with E-state index in [4.69, 9.17) is 9.47 Å². The third-order valence-corrected chi connectivity index (χ3v) is 3.52. The number of benzene rings is 1. The van der Waals surface area contributed by atoms with Crippen molar-refractivity contribution in [1.29, 1.82) is 0 Å². The van der Waals surface area contributed by atoms with Crippen molar-refractivity contribution in [3.63, 3.8) is 0 Å². The molecule has 0 spiro atoms. The van der Waals surface area contributed by atoms with Crippen molar-refractivity contribution in [3.05, 3.63) is 29.6 Å². The molecule has 1 atom stereocenters. The van der Waals surface area contributed by atoms with Gasteiger partial charge in [0.15, 0.2) is 11.6 Å². The topological polar surface area (TPSA) is 33.7 Å². The fraction of sp³-hybridized carbons (Fsp3) is 0.625. The summed E-state index contributed by atoms with van der Waals surface area (Å²) in [5, 5.41) is 3.25. The summed E-state index contributed by atoms with van der Waals surface area (Å²) in [4.78, 5) is 2.19. The molecule has 0 amide bonds. The molecule has 1 heterocycles. The zero-order chi connectivity index (χ0) is 15.1. The van der Waals surface area contributed by atoms with Gasteiger partial charge in [-0.1, -0.05) is 13.0 Å². The van der Waals surface area contributed by atoms with E-state index in [2.05, 4.69) is 17.1 Å². The molecule has 0 aliphatic carbocycles. The Balaban J connectivity index is 1.82. The average Bonchev–Trinajstić information content (AvgIpc) is 2.47. The van der Waals surface area contributed by atoms with Crippen LogP contribution in [0.2, 0.25) is 0 Å². The van der Waals surface area contributed by atoms with Crippen LogP contribution in [0.3, 0.4) is 0 Å². The Labute approximate surface area is 126 Å². The summed E-state index contributed by atoms with van der Waals surface area (Å²) in [5.41, 5.74) is 0.932. The standard InChI is InChI=1S/C16H25FN2O2/c1-3-6-18-10-13-4-5-16(15(17)9-13)21-12-14-11-19(2)7-8-20-14/h4-5,9,14,18H,3,6-8,10-12H2,1-2H3. The van der Waals surface area contributed by atoms with Gasteiger partial charge in [0.1, 0.15) is 12.7 Å². The van der Waals surface area contributed by atoms with Gasteiger partial charge in [0.05, 0.1) is 6.61 Å². The second-order valence-electron chi connectivity index (χ2n) is 5.51. The molecule has 1 aromatic carbocycles. The maximum atomic E-state index is 14.0. The van der Waals surface area contributed by atoms with E-state index in [1.54, 1.807) is 6.07 Å². The Morgan fingerprint density at radius 1 is 1.48 bits per heavy atom. The minimum absolute atomic E-state index is 0.00838. The van der Waals surface area contributed by atoms with Gasteiger partial charge in [0.25, 0.3) is 0 Å². The lowest BCUT2D eigenvalue weighted by atomic mass is 10.2. The molecule has 1 aromatic rings. The first kappa shape index (κ1) is 16.2. The number of hydrogen-bond donors (Lipinski definition) is 1. The van der Waals surface area contributed by atoms with Crippen LogP contribution < -0.4 is 10.1 Å². The summed E-state index contributed by atoms with van der Waals surface area (Å²) in [6.45, 7) is 6.57. The van der Waals surface area contributed by atoms with E-state index >= 15 is 0 Å². The number of morpholine rings is 1. The Hall–Kier alpha value is -1.17. The van der Waals surface area contributed by atoms with E-state index in [1.165, 1.54) is 6.07 Å². The molecule has 5 heteroatoms. The van der Waals surface area contributed by atoms with Crippen molar-refractivity contribution >= 4 is 0 Å². The summed E-state index contributed by atoms with van der Waals surface area (Å²) in [7, 11) is 2.05. The number of rotatable bonds is 7. The van der Waals surface area contributed by atoms with Crippen molar-refractivity contribution in [3.8, 4) is 5.75 Å². The lowest BCUT2D eigenvalue weighted by Gasteiger charge is -2.29. The fourth-order valence-electron chi connectivity index (χ4n) is 2.33. The summed E-state index contributed by atoms with van der Waals surface area (Å²) < 4.78 is 25.1. The number of nitrogens with one attached hydrogen (secondary N) is 1. The normalized spacial score (nSPS) is 19.7. The molecule has 1 aliphatic rings. The van der Waals surface area contributed by atoms with Gasteiger partial charge >= 0.3 is 0 Å². The second kappa shape index (κ2) is 8.32. The van der Waals surface area contributed by atoms with E-state index in [1.807, 2.05) is 13.1 Å². The summed E-state index contributed by atoms with van der Waals surface area (Å²) in [6, 6.07) is 5.13. The van der Waals surface area contributed by atoms with Gasteiger partial charge in [-0.3, -0.25) is 0 Å². The highest BCUT2D eigenvalue weighted by atomic mass is 19.1. The van der Waals surface area contributed by atoms with Crippen molar-refractivity contribution in [2.24, 2.45) is 0 Å². The van der Waals surface area contributed by atoms with Gasteiger partial charge in [-0.15, -0.1) is 0 Å². The van der Waals surface area contributed by atoms with Gasteiger partial charge < -0.3 is 19.7 Å². The van der Waals surface area contributed by atoms with E-state index in [-0.39, 0.29) is 11.9 Å². The molecule has 1 N–H and O–H groups in total. The first-order valence-corrected chi connectivity index (χ1v) is 7.61. The summed E-state index contributed by atoms with van der Waals surface area (Å²) in [6.07, 6.45) is 1.08. The van der Waals surface area contributed by atoms with Crippen LogP contribution in [-0.4, -0.2) is 50.9 Å². The van der Waals surface area contributed by atoms with Crippen LogP contribution in [0.15, 0.2) is 18.2 Å². The van der Waals surface area contributed by atoms with E-state index in [0.29, 0.717) is 25.5 Å². The van der Waals surface area contributed by atoms with Crippen molar-refractivity contribution in [2.45, 2.75) is 26.0 Å². The monoisotopic (exact) mass is 296 g/mol. The largest absolute Gasteiger partial charge is 0.488 e. The van der Waals surface area contributed by atoms with E-state index in [9.17, 15) is 4.39 Å². The van der Waals surface area contributed by atoms with Crippen LogP contribution >= 0.6 is 0 Å². The minimum Gasteiger partial charge on any atom is -0.488 e. The summed E-state index contributed by atoms with van der Waals surface area (Å²) in [5.74, 6) is -0.0129. The lowest BCUT2D eigenvalue weighted by Crippen LogP contribution is -2.42. The molecule has 1 fully saturated rings. The average molecular weight is 296 g/mol. The minimum atomic E-state index is -0.310. The predicted molar refractivity (Wildman–Crippen MR) is 81.1 cm³/mol. The number of likely N-dealkylation sites (N-methyl/N-ethyl adjacent to an activating group) is 1. The Kier molecular flexibility index (Phi) is 6.42. The van der Waals surface area contributed by atoms with Crippen LogP contribution in [0, 0.1) is 5.82 Å². The molecule has 21 heavy (non-hydrogen) atoms. The molecule has 0 saturated carbocycles. The van der Waals surface area contributed by atoms with Crippen molar-refractivity contribution < 1.29 is 13.9 Å². The third-order valence-electron chi connectivity index (χ3n) is 3.52. The lowest BCUT2D eigenvalue weighted by molar-refractivity contribution is -0.0408. The van der Waals surface area contributed by atoms with Crippen LogP contribution in [0.1, 0.15) is 18.9 Å². The fourth-order valence-corrected chi connectivity index (χ4v) is 2.33. The molecule has 118 valence electrons. The molecule has 0 aromatic heterocycles. The molecule has 1 saturated heterocycles. The first-order valence-electron chi connectivity index (χ1n) is 7.61. The number of halogens is 1. The quantitative estimate of drug-likeness (QED) is 0.781. The SMILES string of the molecule is CCCNCc1ccc(OCC2CN(C)CCO2)c(F)c1. The van der Waals surface area contributed by atoms with E-state index < -0.39 is 0 Å². The Morgan fingerprint density at radius 2 is 2.33 bits per heavy atom. The van der Waals surface area contributed by atoms with Crippen LogP contribution in [-0.2, 0) is 11.3 Å². The molecular formula is C16H25FN2O2. The third kappa shape index (κ3) is 5.26.